The van der Waals surface area contributed by atoms with Gasteiger partial charge in [0.15, 0.2) is 0 Å². The van der Waals surface area contributed by atoms with Gasteiger partial charge in [0.1, 0.15) is 18.1 Å². The standard InChI is InChI=1S/C27H30N2O3/c1-20-8-6-7-11-25(20)27(31)29(23-13-14-23)19-26(30)28(18-24-15-12-21(2)32-24)17-16-22-9-4-3-5-10-22/h3-12,15,23H,13-14,16-19H2,1-2H3. The van der Waals surface area contributed by atoms with Gasteiger partial charge in [-0.15, -0.1) is 0 Å². The summed E-state index contributed by atoms with van der Waals surface area (Å²) in [7, 11) is 0. The second-order valence-electron chi connectivity index (χ2n) is 8.54. The van der Waals surface area contributed by atoms with Gasteiger partial charge in [0, 0.05) is 18.2 Å². The predicted molar refractivity (Wildman–Crippen MR) is 124 cm³/mol. The molecule has 2 aromatic carbocycles. The summed E-state index contributed by atoms with van der Waals surface area (Å²) < 4.78 is 5.74. The number of nitrogens with zero attached hydrogens (tertiary/aromatic N) is 2. The Bertz CT molecular complexity index is 1070. The molecule has 3 aromatic rings. The second-order valence-corrected chi connectivity index (χ2v) is 8.54. The number of rotatable bonds is 9. The lowest BCUT2D eigenvalue weighted by Crippen LogP contribution is -2.44. The molecule has 0 spiro atoms. The maximum Gasteiger partial charge on any atom is 0.254 e. The number of furan rings is 1. The van der Waals surface area contributed by atoms with Gasteiger partial charge in [-0.25, -0.2) is 0 Å². The van der Waals surface area contributed by atoms with Crippen LogP contribution in [-0.2, 0) is 17.8 Å². The Hall–Kier alpha value is -3.34. The number of hydrogen-bond acceptors (Lipinski definition) is 3. The molecule has 1 aliphatic carbocycles. The summed E-state index contributed by atoms with van der Waals surface area (Å²) in [5, 5.41) is 0. The summed E-state index contributed by atoms with van der Waals surface area (Å²) in [4.78, 5) is 30.3. The Morgan fingerprint density at radius 2 is 1.66 bits per heavy atom. The van der Waals surface area contributed by atoms with Crippen molar-refractivity contribution in [3.63, 3.8) is 0 Å². The molecule has 5 heteroatoms. The number of carbonyl (C=O) groups is 2. The van der Waals surface area contributed by atoms with Crippen LogP contribution in [0.15, 0.2) is 71.1 Å². The minimum absolute atomic E-state index is 0.0520. The highest BCUT2D eigenvalue weighted by Gasteiger charge is 2.35. The second kappa shape index (κ2) is 9.86. The van der Waals surface area contributed by atoms with E-state index in [0.717, 1.165) is 36.3 Å². The first kappa shape index (κ1) is 21.9. The molecule has 2 amide bonds. The van der Waals surface area contributed by atoms with Crippen LogP contribution >= 0.6 is 0 Å². The van der Waals surface area contributed by atoms with Crippen LogP contribution in [0.4, 0.5) is 0 Å². The summed E-state index contributed by atoms with van der Waals surface area (Å²) >= 11 is 0. The Kier molecular flexibility index (Phi) is 6.74. The molecule has 1 aliphatic rings. The van der Waals surface area contributed by atoms with Gasteiger partial charge in [-0.2, -0.15) is 0 Å². The molecule has 0 atom stereocenters. The zero-order valence-corrected chi connectivity index (χ0v) is 18.8. The van der Waals surface area contributed by atoms with Crippen LogP contribution in [0.2, 0.25) is 0 Å². The van der Waals surface area contributed by atoms with Gasteiger partial charge in [-0.3, -0.25) is 9.59 Å². The molecule has 1 fully saturated rings. The van der Waals surface area contributed by atoms with Crippen molar-refractivity contribution >= 4 is 11.8 Å². The summed E-state index contributed by atoms with van der Waals surface area (Å²) in [6, 6.07) is 21.7. The average molecular weight is 431 g/mol. The lowest BCUT2D eigenvalue weighted by molar-refractivity contribution is -0.132. The molecule has 0 aliphatic heterocycles. The summed E-state index contributed by atoms with van der Waals surface area (Å²) in [6.07, 6.45) is 2.65. The molecular formula is C27H30N2O3. The molecule has 166 valence electrons. The summed E-state index contributed by atoms with van der Waals surface area (Å²) in [6.45, 7) is 4.89. The molecule has 4 rings (SSSR count). The van der Waals surface area contributed by atoms with Crippen LogP contribution in [0.25, 0.3) is 0 Å². The maximum atomic E-state index is 13.4. The zero-order valence-electron chi connectivity index (χ0n) is 18.8. The number of hydrogen-bond donors (Lipinski definition) is 0. The first-order chi connectivity index (χ1) is 15.5. The zero-order chi connectivity index (χ0) is 22.5. The van der Waals surface area contributed by atoms with E-state index in [1.807, 2.05) is 73.3 Å². The fraction of sp³-hybridized carbons (Fsp3) is 0.333. The number of amides is 2. The van der Waals surface area contributed by atoms with E-state index in [1.54, 1.807) is 4.90 Å². The molecule has 32 heavy (non-hydrogen) atoms. The van der Waals surface area contributed by atoms with Crippen molar-refractivity contribution in [3.05, 3.63) is 94.9 Å². The van der Waals surface area contributed by atoms with Crippen molar-refractivity contribution in [3.8, 4) is 0 Å². The average Bonchev–Trinajstić information content (AvgIpc) is 3.56. The van der Waals surface area contributed by atoms with Gasteiger partial charge in [-0.05, 0) is 62.4 Å². The summed E-state index contributed by atoms with van der Waals surface area (Å²) in [5.74, 6) is 1.47. The van der Waals surface area contributed by atoms with Crippen molar-refractivity contribution in [1.29, 1.82) is 0 Å². The van der Waals surface area contributed by atoms with Crippen LogP contribution in [0, 0.1) is 13.8 Å². The molecule has 0 unspecified atom stereocenters. The monoisotopic (exact) mass is 430 g/mol. The lowest BCUT2D eigenvalue weighted by Gasteiger charge is -2.28. The third-order valence-electron chi connectivity index (χ3n) is 5.94. The molecule has 1 heterocycles. The number of carbonyl (C=O) groups excluding carboxylic acids is 2. The van der Waals surface area contributed by atoms with Crippen LogP contribution in [0.5, 0.6) is 0 Å². The third kappa shape index (κ3) is 5.47. The van der Waals surface area contributed by atoms with Crippen molar-refractivity contribution in [2.75, 3.05) is 13.1 Å². The van der Waals surface area contributed by atoms with Crippen LogP contribution in [0.3, 0.4) is 0 Å². The Morgan fingerprint density at radius 1 is 0.938 bits per heavy atom. The minimum atomic E-state index is -0.0594. The van der Waals surface area contributed by atoms with Gasteiger partial charge in [0.2, 0.25) is 5.91 Å². The predicted octanol–water partition coefficient (Wildman–Crippen LogP) is 4.77. The van der Waals surface area contributed by atoms with E-state index in [9.17, 15) is 9.59 Å². The quantitative estimate of drug-likeness (QED) is 0.491. The van der Waals surface area contributed by atoms with Crippen LogP contribution in [0.1, 0.15) is 45.8 Å². The van der Waals surface area contributed by atoms with E-state index in [-0.39, 0.29) is 24.4 Å². The number of aryl methyl sites for hydroxylation is 2. The highest BCUT2D eigenvalue weighted by atomic mass is 16.3. The molecule has 0 bridgehead atoms. The first-order valence-corrected chi connectivity index (χ1v) is 11.2. The fourth-order valence-corrected chi connectivity index (χ4v) is 3.93. The van der Waals surface area contributed by atoms with Crippen molar-refractivity contribution in [2.24, 2.45) is 0 Å². The molecular weight excluding hydrogens is 400 g/mol. The van der Waals surface area contributed by atoms with Crippen molar-refractivity contribution < 1.29 is 14.0 Å². The molecule has 1 aromatic heterocycles. The van der Waals surface area contributed by atoms with E-state index in [0.29, 0.717) is 18.7 Å². The fourth-order valence-electron chi connectivity index (χ4n) is 3.93. The molecule has 0 radical (unpaired) electrons. The van der Waals surface area contributed by atoms with Gasteiger partial charge in [0.05, 0.1) is 6.54 Å². The van der Waals surface area contributed by atoms with Crippen molar-refractivity contribution in [2.45, 2.75) is 45.7 Å². The van der Waals surface area contributed by atoms with Gasteiger partial charge in [-0.1, -0.05) is 48.5 Å². The van der Waals surface area contributed by atoms with E-state index in [1.165, 1.54) is 5.56 Å². The van der Waals surface area contributed by atoms with E-state index >= 15 is 0 Å². The Balaban J connectivity index is 1.50. The third-order valence-corrected chi connectivity index (χ3v) is 5.94. The van der Waals surface area contributed by atoms with Gasteiger partial charge in [0.25, 0.3) is 5.91 Å². The normalized spacial score (nSPS) is 13.1. The highest BCUT2D eigenvalue weighted by molar-refractivity contribution is 5.98. The van der Waals surface area contributed by atoms with E-state index in [2.05, 4.69) is 12.1 Å². The minimum Gasteiger partial charge on any atom is -0.464 e. The molecule has 5 nitrogen and oxygen atoms in total. The van der Waals surface area contributed by atoms with E-state index in [4.69, 9.17) is 4.42 Å². The van der Waals surface area contributed by atoms with Gasteiger partial charge >= 0.3 is 0 Å². The SMILES string of the molecule is Cc1ccc(CN(CCc2ccccc2)C(=O)CN(C(=O)c2ccccc2C)C2CC2)o1. The smallest absolute Gasteiger partial charge is 0.254 e. The van der Waals surface area contributed by atoms with Crippen LogP contribution < -0.4 is 0 Å². The van der Waals surface area contributed by atoms with Crippen molar-refractivity contribution in [1.82, 2.24) is 9.80 Å². The topological polar surface area (TPSA) is 53.8 Å². The largest absolute Gasteiger partial charge is 0.464 e. The van der Waals surface area contributed by atoms with Gasteiger partial charge < -0.3 is 14.2 Å². The van der Waals surface area contributed by atoms with Crippen LogP contribution in [-0.4, -0.2) is 40.7 Å². The summed E-state index contributed by atoms with van der Waals surface area (Å²) in [5.41, 5.74) is 2.78. The lowest BCUT2D eigenvalue weighted by atomic mass is 10.1. The number of benzene rings is 2. The maximum absolute atomic E-state index is 13.4. The highest BCUT2D eigenvalue weighted by Crippen LogP contribution is 2.29. The molecule has 0 saturated heterocycles. The Morgan fingerprint density at radius 3 is 2.31 bits per heavy atom. The molecule has 0 N–H and O–H groups in total. The Labute approximate surface area is 189 Å². The van der Waals surface area contributed by atoms with E-state index < -0.39 is 0 Å². The first-order valence-electron chi connectivity index (χ1n) is 11.2. The molecule has 1 saturated carbocycles.